The van der Waals surface area contributed by atoms with Crippen molar-refractivity contribution in [1.82, 2.24) is 14.3 Å². The smallest absolute Gasteiger partial charge is 0.421 e. The van der Waals surface area contributed by atoms with Crippen molar-refractivity contribution in [3.63, 3.8) is 0 Å². The van der Waals surface area contributed by atoms with E-state index in [4.69, 9.17) is 0 Å². The number of rotatable bonds is 5. The molecule has 0 aromatic rings. The van der Waals surface area contributed by atoms with Crippen LogP contribution >= 0.6 is 0 Å². The standard InChI is InChI=1S/C10H21N3O4S/c1-3-13(8-9-6-4-5-7-11-9)18(15,16)12-10(14)17-2/h9,11H,3-8H2,1-2H3,(H,12,14). The van der Waals surface area contributed by atoms with Gasteiger partial charge in [0.2, 0.25) is 0 Å². The number of nitrogens with zero attached hydrogens (tertiary/aromatic N) is 1. The van der Waals surface area contributed by atoms with Gasteiger partial charge in [-0.15, -0.1) is 0 Å². The first kappa shape index (κ1) is 15.2. The number of likely N-dealkylation sites (N-methyl/N-ethyl adjacent to an activating group) is 1. The number of carbonyl (C=O) groups is 1. The summed E-state index contributed by atoms with van der Waals surface area (Å²) in [6.45, 7) is 3.32. The van der Waals surface area contributed by atoms with Gasteiger partial charge in [0.05, 0.1) is 7.11 Å². The molecular formula is C10H21N3O4S. The summed E-state index contributed by atoms with van der Waals surface area (Å²) < 4.78 is 31.2. The molecule has 1 aliphatic heterocycles. The van der Waals surface area contributed by atoms with Gasteiger partial charge in [-0.3, -0.25) is 0 Å². The molecule has 7 nitrogen and oxygen atoms in total. The first-order chi connectivity index (χ1) is 8.49. The van der Waals surface area contributed by atoms with Crippen molar-refractivity contribution in [3.8, 4) is 0 Å². The van der Waals surface area contributed by atoms with Crippen LogP contribution in [0.2, 0.25) is 0 Å². The predicted molar refractivity (Wildman–Crippen MR) is 67.3 cm³/mol. The number of methoxy groups -OCH3 is 1. The molecule has 0 spiro atoms. The highest BCUT2D eigenvalue weighted by Crippen LogP contribution is 2.10. The zero-order valence-electron chi connectivity index (χ0n) is 10.8. The highest BCUT2D eigenvalue weighted by molar-refractivity contribution is 7.87. The highest BCUT2D eigenvalue weighted by atomic mass is 32.2. The Morgan fingerprint density at radius 1 is 1.50 bits per heavy atom. The summed E-state index contributed by atoms with van der Waals surface area (Å²) in [4.78, 5) is 11.0. The van der Waals surface area contributed by atoms with Crippen LogP contribution in [0.3, 0.4) is 0 Å². The van der Waals surface area contributed by atoms with Crippen LogP contribution in [0.1, 0.15) is 26.2 Å². The minimum atomic E-state index is -3.81. The molecule has 8 heteroatoms. The summed E-state index contributed by atoms with van der Waals surface area (Å²) in [5.74, 6) is 0. The molecule has 0 radical (unpaired) electrons. The van der Waals surface area contributed by atoms with Crippen LogP contribution < -0.4 is 10.0 Å². The first-order valence-electron chi connectivity index (χ1n) is 6.08. The zero-order chi connectivity index (χ0) is 13.6. The van der Waals surface area contributed by atoms with Crippen molar-refractivity contribution in [3.05, 3.63) is 0 Å². The molecule has 1 atom stereocenters. The van der Waals surface area contributed by atoms with Crippen LogP contribution in [0.25, 0.3) is 0 Å². The number of ether oxygens (including phenoxy) is 1. The molecule has 1 fully saturated rings. The maximum atomic E-state index is 11.9. The second-order valence-electron chi connectivity index (χ2n) is 4.20. The summed E-state index contributed by atoms with van der Waals surface area (Å²) in [5.41, 5.74) is 0. The van der Waals surface area contributed by atoms with Crippen molar-refractivity contribution in [2.75, 3.05) is 26.7 Å². The van der Waals surface area contributed by atoms with Gasteiger partial charge < -0.3 is 10.1 Å². The Morgan fingerprint density at radius 3 is 2.72 bits per heavy atom. The topological polar surface area (TPSA) is 87.7 Å². The van der Waals surface area contributed by atoms with Crippen molar-refractivity contribution >= 4 is 16.3 Å². The molecule has 1 saturated heterocycles. The maximum absolute atomic E-state index is 11.9. The lowest BCUT2D eigenvalue weighted by Gasteiger charge is -2.29. The van der Waals surface area contributed by atoms with Crippen LogP contribution in [0.4, 0.5) is 4.79 Å². The molecule has 0 aromatic heterocycles. The minimum absolute atomic E-state index is 0.146. The van der Waals surface area contributed by atoms with E-state index in [1.165, 1.54) is 4.31 Å². The third kappa shape index (κ3) is 4.43. The van der Waals surface area contributed by atoms with Crippen molar-refractivity contribution in [1.29, 1.82) is 0 Å². The Labute approximate surface area is 108 Å². The molecule has 1 rings (SSSR count). The van der Waals surface area contributed by atoms with E-state index in [9.17, 15) is 13.2 Å². The molecule has 0 bridgehead atoms. The third-order valence-electron chi connectivity index (χ3n) is 2.93. The molecule has 106 valence electrons. The Kier molecular flexibility index (Phi) is 5.83. The maximum Gasteiger partial charge on any atom is 0.421 e. The number of hydrogen-bond donors (Lipinski definition) is 2. The summed E-state index contributed by atoms with van der Waals surface area (Å²) in [6, 6.07) is 0.146. The molecule has 1 heterocycles. The summed E-state index contributed by atoms with van der Waals surface area (Å²) in [6.07, 6.45) is 2.20. The molecule has 1 unspecified atom stereocenters. The minimum Gasteiger partial charge on any atom is -0.452 e. The molecule has 18 heavy (non-hydrogen) atoms. The summed E-state index contributed by atoms with van der Waals surface area (Å²) in [5, 5.41) is 3.27. The Morgan fingerprint density at radius 2 is 2.22 bits per heavy atom. The van der Waals surface area contributed by atoms with E-state index in [0.717, 1.165) is 32.9 Å². The molecule has 2 N–H and O–H groups in total. The van der Waals surface area contributed by atoms with Gasteiger partial charge >= 0.3 is 16.3 Å². The highest BCUT2D eigenvalue weighted by Gasteiger charge is 2.26. The molecule has 0 aliphatic carbocycles. The second-order valence-corrected chi connectivity index (χ2v) is 5.87. The number of carbonyl (C=O) groups excluding carboxylic acids is 1. The molecule has 0 aromatic carbocycles. The van der Waals surface area contributed by atoms with E-state index < -0.39 is 16.3 Å². The molecule has 0 saturated carbocycles. The van der Waals surface area contributed by atoms with Gasteiger partial charge in [0, 0.05) is 19.1 Å². The Bertz CT molecular complexity index is 365. The number of piperidine rings is 1. The van der Waals surface area contributed by atoms with Crippen molar-refractivity contribution < 1.29 is 17.9 Å². The lowest BCUT2D eigenvalue weighted by molar-refractivity contribution is 0.176. The fraction of sp³-hybridized carbons (Fsp3) is 0.900. The Balaban J connectivity index is 2.60. The predicted octanol–water partition coefficient (Wildman–Crippen LogP) is 0.0512. The lowest BCUT2D eigenvalue weighted by Crippen LogP contribution is -2.50. The van der Waals surface area contributed by atoms with E-state index >= 15 is 0 Å². The quantitative estimate of drug-likeness (QED) is 0.742. The average molecular weight is 279 g/mol. The van der Waals surface area contributed by atoms with Gasteiger partial charge in [-0.1, -0.05) is 13.3 Å². The second kappa shape index (κ2) is 6.91. The van der Waals surface area contributed by atoms with E-state index in [1.54, 1.807) is 6.92 Å². The van der Waals surface area contributed by atoms with Gasteiger partial charge in [-0.2, -0.15) is 12.7 Å². The monoisotopic (exact) mass is 279 g/mol. The van der Waals surface area contributed by atoms with Gasteiger partial charge in [0.15, 0.2) is 0 Å². The fourth-order valence-corrected chi connectivity index (χ4v) is 3.07. The largest absolute Gasteiger partial charge is 0.452 e. The van der Waals surface area contributed by atoms with Crippen LogP contribution in [-0.4, -0.2) is 51.6 Å². The van der Waals surface area contributed by atoms with Gasteiger partial charge in [-0.25, -0.2) is 9.52 Å². The van der Waals surface area contributed by atoms with E-state index in [0.29, 0.717) is 13.1 Å². The number of hydrogen-bond acceptors (Lipinski definition) is 5. The number of amides is 1. The Hall–Kier alpha value is -0.860. The van der Waals surface area contributed by atoms with Crippen LogP contribution in [-0.2, 0) is 14.9 Å². The number of nitrogens with one attached hydrogen (secondary N) is 2. The SMILES string of the molecule is CCN(CC1CCCCN1)S(=O)(=O)NC(=O)OC. The van der Waals surface area contributed by atoms with Gasteiger partial charge in [-0.05, 0) is 19.4 Å². The molecular weight excluding hydrogens is 258 g/mol. The van der Waals surface area contributed by atoms with Crippen molar-refractivity contribution in [2.45, 2.75) is 32.2 Å². The summed E-state index contributed by atoms with van der Waals surface area (Å²) in [7, 11) is -2.69. The summed E-state index contributed by atoms with van der Waals surface area (Å²) >= 11 is 0. The van der Waals surface area contributed by atoms with Crippen LogP contribution in [0, 0.1) is 0 Å². The lowest BCUT2D eigenvalue weighted by atomic mass is 10.1. The van der Waals surface area contributed by atoms with Gasteiger partial charge in [0.25, 0.3) is 0 Å². The van der Waals surface area contributed by atoms with Crippen LogP contribution in [0.15, 0.2) is 0 Å². The fourth-order valence-electron chi connectivity index (χ4n) is 1.93. The molecule has 1 aliphatic rings. The average Bonchev–Trinajstić information content (AvgIpc) is 2.36. The van der Waals surface area contributed by atoms with Crippen molar-refractivity contribution in [2.24, 2.45) is 0 Å². The van der Waals surface area contributed by atoms with E-state index in [1.807, 2.05) is 4.72 Å². The normalized spacial score (nSPS) is 20.7. The van der Waals surface area contributed by atoms with E-state index in [2.05, 4.69) is 10.1 Å². The van der Waals surface area contributed by atoms with Gasteiger partial charge in [0.1, 0.15) is 0 Å². The van der Waals surface area contributed by atoms with Crippen LogP contribution in [0.5, 0.6) is 0 Å². The molecule has 1 amide bonds. The first-order valence-corrected chi connectivity index (χ1v) is 7.52. The zero-order valence-corrected chi connectivity index (χ0v) is 11.6. The third-order valence-corrected chi connectivity index (χ3v) is 4.44. The van der Waals surface area contributed by atoms with E-state index in [-0.39, 0.29) is 6.04 Å².